The topological polar surface area (TPSA) is 71.3 Å². The molecule has 0 bridgehead atoms. The van der Waals surface area contributed by atoms with Gasteiger partial charge in [0.05, 0.1) is 17.4 Å². The van der Waals surface area contributed by atoms with Crippen LogP contribution in [0.1, 0.15) is 59.4 Å². The Morgan fingerprint density at radius 1 is 1.38 bits per heavy atom. The highest BCUT2D eigenvalue weighted by Crippen LogP contribution is 2.25. The van der Waals surface area contributed by atoms with Crippen LogP contribution >= 0.6 is 0 Å². The summed E-state index contributed by atoms with van der Waals surface area (Å²) >= 11 is 0. The van der Waals surface area contributed by atoms with E-state index in [1.165, 1.54) is 0 Å². The number of benzene rings is 1. The highest BCUT2D eigenvalue weighted by Gasteiger charge is 2.32. The Morgan fingerprint density at radius 3 is 2.62 bits per heavy atom. The lowest BCUT2D eigenvalue weighted by molar-refractivity contribution is -0.139. The van der Waals surface area contributed by atoms with Crippen molar-refractivity contribution >= 4 is 11.6 Å². The van der Waals surface area contributed by atoms with Crippen LogP contribution in [-0.4, -0.2) is 24.2 Å². The standard InChI is InChI=1S/C19H28N2O3/c1-6-11-23-19(5,8-3)18(22)21-17-10-9-16(12-15(17)13-20)24-14(4)7-2/h9-10,12,14H,6-8,11H2,1-5H3,(H,21,22)/t14-,19-/m0/s1. The Balaban J connectivity index is 2.94. The van der Waals surface area contributed by atoms with Crippen molar-refractivity contribution in [3.8, 4) is 11.8 Å². The van der Waals surface area contributed by atoms with Crippen molar-refractivity contribution in [1.29, 1.82) is 5.26 Å². The Labute approximate surface area is 145 Å². The first-order chi connectivity index (χ1) is 11.4. The summed E-state index contributed by atoms with van der Waals surface area (Å²) in [5.41, 5.74) is -0.0638. The quantitative estimate of drug-likeness (QED) is 0.733. The van der Waals surface area contributed by atoms with Gasteiger partial charge in [-0.25, -0.2) is 0 Å². The molecule has 1 rings (SSSR count). The first-order valence-electron chi connectivity index (χ1n) is 8.56. The maximum Gasteiger partial charge on any atom is 0.256 e. The summed E-state index contributed by atoms with van der Waals surface area (Å²) in [6.07, 6.45) is 2.34. The number of carbonyl (C=O) groups is 1. The van der Waals surface area contributed by atoms with E-state index in [-0.39, 0.29) is 12.0 Å². The van der Waals surface area contributed by atoms with Crippen LogP contribution in [0.3, 0.4) is 0 Å². The summed E-state index contributed by atoms with van der Waals surface area (Å²) in [5.74, 6) is 0.380. The zero-order chi connectivity index (χ0) is 18.2. The van der Waals surface area contributed by atoms with E-state index in [2.05, 4.69) is 11.4 Å². The van der Waals surface area contributed by atoms with Crippen molar-refractivity contribution in [2.45, 2.75) is 65.6 Å². The summed E-state index contributed by atoms with van der Waals surface area (Å²) < 4.78 is 11.4. The van der Waals surface area contributed by atoms with Crippen molar-refractivity contribution in [2.75, 3.05) is 11.9 Å². The fraction of sp³-hybridized carbons (Fsp3) is 0.579. The fourth-order valence-electron chi connectivity index (χ4n) is 2.02. The third-order valence-corrected chi connectivity index (χ3v) is 4.05. The van der Waals surface area contributed by atoms with E-state index in [0.717, 1.165) is 12.8 Å². The Kier molecular flexibility index (Phi) is 7.73. The molecule has 0 saturated carbocycles. The van der Waals surface area contributed by atoms with E-state index < -0.39 is 5.60 Å². The lowest BCUT2D eigenvalue weighted by Gasteiger charge is -2.27. The number of rotatable bonds is 9. The van der Waals surface area contributed by atoms with Crippen molar-refractivity contribution in [1.82, 2.24) is 0 Å². The van der Waals surface area contributed by atoms with Gasteiger partial charge in [-0.1, -0.05) is 20.8 Å². The van der Waals surface area contributed by atoms with Gasteiger partial charge in [0, 0.05) is 12.7 Å². The summed E-state index contributed by atoms with van der Waals surface area (Å²) in [6, 6.07) is 7.22. The van der Waals surface area contributed by atoms with Crippen LogP contribution in [0.4, 0.5) is 5.69 Å². The number of nitrogens with zero attached hydrogens (tertiary/aromatic N) is 1. The van der Waals surface area contributed by atoms with Gasteiger partial charge in [-0.15, -0.1) is 0 Å². The first kappa shape index (κ1) is 20.0. The third kappa shape index (κ3) is 5.24. The second kappa shape index (κ2) is 9.29. The molecule has 0 unspecified atom stereocenters. The van der Waals surface area contributed by atoms with Crippen LogP contribution in [0.25, 0.3) is 0 Å². The Bertz CT molecular complexity index is 595. The smallest absolute Gasteiger partial charge is 0.256 e. The number of hydrogen-bond donors (Lipinski definition) is 1. The molecule has 0 radical (unpaired) electrons. The maximum atomic E-state index is 12.6. The molecule has 132 valence electrons. The molecular weight excluding hydrogens is 304 g/mol. The van der Waals surface area contributed by atoms with Crippen LogP contribution in [0.5, 0.6) is 5.75 Å². The van der Waals surface area contributed by atoms with Gasteiger partial charge in [0.15, 0.2) is 0 Å². The number of ether oxygens (including phenoxy) is 2. The number of carbonyl (C=O) groups excluding carboxylic acids is 1. The van der Waals surface area contributed by atoms with E-state index in [0.29, 0.717) is 30.0 Å². The van der Waals surface area contributed by atoms with Gasteiger partial charge < -0.3 is 14.8 Å². The molecule has 1 N–H and O–H groups in total. The molecule has 0 aliphatic rings. The number of nitrogens with one attached hydrogen (secondary N) is 1. The van der Waals surface area contributed by atoms with Crippen LogP contribution in [0, 0.1) is 11.3 Å². The number of anilines is 1. The van der Waals surface area contributed by atoms with Crippen LogP contribution in [-0.2, 0) is 9.53 Å². The zero-order valence-corrected chi connectivity index (χ0v) is 15.3. The molecule has 2 atom stereocenters. The predicted octanol–water partition coefficient (Wildman–Crippen LogP) is 4.27. The second-order valence-electron chi connectivity index (χ2n) is 6.04. The maximum absolute atomic E-state index is 12.6. The minimum atomic E-state index is -0.908. The first-order valence-corrected chi connectivity index (χ1v) is 8.56. The molecule has 5 heteroatoms. The largest absolute Gasteiger partial charge is 0.491 e. The molecule has 1 aromatic carbocycles. The average Bonchev–Trinajstić information content (AvgIpc) is 2.60. The van der Waals surface area contributed by atoms with Gasteiger partial charge in [0.25, 0.3) is 5.91 Å². The van der Waals surface area contributed by atoms with Crippen LogP contribution < -0.4 is 10.1 Å². The third-order valence-electron chi connectivity index (χ3n) is 4.05. The van der Waals surface area contributed by atoms with Gasteiger partial charge in [0.1, 0.15) is 17.4 Å². The summed E-state index contributed by atoms with van der Waals surface area (Å²) in [7, 11) is 0. The number of amides is 1. The number of nitriles is 1. The normalized spacial score (nSPS) is 14.3. The van der Waals surface area contributed by atoms with E-state index in [1.54, 1.807) is 25.1 Å². The van der Waals surface area contributed by atoms with Crippen molar-refractivity contribution in [3.05, 3.63) is 23.8 Å². The zero-order valence-electron chi connectivity index (χ0n) is 15.3. The molecule has 0 aliphatic heterocycles. The Hall–Kier alpha value is -2.06. The molecule has 0 aromatic heterocycles. The molecule has 1 amide bonds. The molecular formula is C19H28N2O3. The molecule has 0 heterocycles. The monoisotopic (exact) mass is 332 g/mol. The van der Waals surface area contributed by atoms with Crippen LogP contribution in [0.2, 0.25) is 0 Å². The SMILES string of the molecule is CCCO[C@@](C)(CC)C(=O)Nc1ccc(O[C@@H](C)CC)cc1C#N. The molecule has 1 aromatic rings. The lowest BCUT2D eigenvalue weighted by atomic mass is 10.0. The molecule has 0 aliphatic carbocycles. The molecule has 5 nitrogen and oxygen atoms in total. The Morgan fingerprint density at radius 2 is 2.08 bits per heavy atom. The summed E-state index contributed by atoms with van der Waals surface area (Å²) in [6.45, 7) is 10.2. The van der Waals surface area contributed by atoms with Gasteiger partial charge in [-0.3, -0.25) is 4.79 Å². The van der Waals surface area contributed by atoms with E-state index >= 15 is 0 Å². The van der Waals surface area contributed by atoms with Crippen molar-refractivity contribution in [2.24, 2.45) is 0 Å². The molecule has 0 spiro atoms. The lowest BCUT2D eigenvalue weighted by Crippen LogP contribution is -2.42. The summed E-state index contributed by atoms with van der Waals surface area (Å²) in [5, 5.41) is 12.2. The van der Waals surface area contributed by atoms with Crippen molar-refractivity contribution < 1.29 is 14.3 Å². The molecule has 0 fully saturated rings. The highest BCUT2D eigenvalue weighted by atomic mass is 16.5. The second-order valence-corrected chi connectivity index (χ2v) is 6.04. The van der Waals surface area contributed by atoms with Crippen molar-refractivity contribution in [3.63, 3.8) is 0 Å². The predicted molar refractivity (Wildman–Crippen MR) is 95.1 cm³/mol. The molecule has 0 saturated heterocycles. The van der Waals surface area contributed by atoms with E-state index in [9.17, 15) is 10.1 Å². The van der Waals surface area contributed by atoms with Gasteiger partial charge >= 0.3 is 0 Å². The minimum Gasteiger partial charge on any atom is -0.491 e. The summed E-state index contributed by atoms with van der Waals surface area (Å²) in [4.78, 5) is 12.6. The molecule has 24 heavy (non-hydrogen) atoms. The van der Waals surface area contributed by atoms with Crippen LogP contribution in [0.15, 0.2) is 18.2 Å². The highest BCUT2D eigenvalue weighted by molar-refractivity contribution is 5.98. The van der Waals surface area contributed by atoms with Gasteiger partial charge in [0.2, 0.25) is 0 Å². The van der Waals surface area contributed by atoms with Gasteiger partial charge in [-0.2, -0.15) is 5.26 Å². The fourth-order valence-corrected chi connectivity index (χ4v) is 2.02. The number of hydrogen-bond acceptors (Lipinski definition) is 4. The van der Waals surface area contributed by atoms with Gasteiger partial charge in [-0.05, 0) is 45.2 Å². The average molecular weight is 332 g/mol. The minimum absolute atomic E-state index is 0.0720. The van der Waals surface area contributed by atoms with E-state index in [4.69, 9.17) is 9.47 Å². The van der Waals surface area contributed by atoms with E-state index in [1.807, 2.05) is 27.7 Å².